The summed E-state index contributed by atoms with van der Waals surface area (Å²) in [7, 11) is 0. The van der Waals surface area contributed by atoms with Crippen LogP contribution in [0.3, 0.4) is 0 Å². The maximum absolute atomic E-state index is 4.12. The molecule has 0 aromatic heterocycles. The zero-order chi connectivity index (χ0) is 12.8. The first-order valence-corrected chi connectivity index (χ1v) is 7.95. The Morgan fingerprint density at radius 1 is 0.667 bits per heavy atom. The SMILES string of the molecule is CCCC1(CCC)CCC(CCC)(CCC)N1.Cl. The van der Waals surface area contributed by atoms with Crippen LogP contribution in [0.5, 0.6) is 0 Å². The minimum atomic E-state index is 0. The van der Waals surface area contributed by atoms with Gasteiger partial charge in [-0.05, 0) is 38.5 Å². The van der Waals surface area contributed by atoms with Crippen molar-refractivity contribution in [2.45, 2.75) is 103 Å². The number of halogens is 1. The maximum Gasteiger partial charge on any atom is 0.0187 e. The van der Waals surface area contributed by atoms with Gasteiger partial charge in [-0.3, -0.25) is 0 Å². The maximum atomic E-state index is 4.12. The fourth-order valence-corrected chi connectivity index (χ4v) is 4.08. The van der Waals surface area contributed by atoms with Gasteiger partial charge in [-0.25, -0.2) is 0 Å². The first-order valence-electron chi connectivity index (χ1n) is 7.95. The number of nitrogens with one attached hydrogen (secondary N) is 1. The van der Waals surface area contributed by atoms with Crippen molar-refractivity contribution in [3.8, 4) is 0 Å². The van der Waals surface area contributed by atoms with Crippen LogP contribution in [-0.4, -0.2) is 11.1 Å². The van der Waals surface area contributed by atoms with Gasteiger partial charge in [0, 0.05) is 11.1 Å². The van der Waals surface area contributed by atoms with Crippen LogP contribution in [0.1, 0.15) is 91.9 Å². The minimum absolute atomic E-state index is 0. The molecule has 1 rings (SSSR count). The Morgan fingerprint density at radius 2 is 0.944 bits per heavy atom. The van der Waals surface area contributed by atoms with Crippen molar-refractivity contribution < 1.29 is 0 Å². The predicted octanol–water partition coefficient (Wildman–Crippen LogP) is 5.47. The fourth-order valence-electron chi connectivity index (χ4n) is 4.08. The average molecular weight is 276 g/mol. The van der Waals surface area contributed by atoms with E-state index < -0.39 is 0 Å². The highest BCUT2D eigenvalue weighted by Crippen LogP contribution is 2.41. The van der Waals surface area contributed by atoms with Crippen LogP contribution >= 0.6 is 12.4 Å². The van der Waals surface area contributed by atoms with E-state index >= 15 is 0 Å². The summed E-state index contributed by atoms with van der Waals surface area (Å²) in [6.45, 7) is 9.33. The molecule has 0 radical (unpaired) electrons. The Hall–Kier alpha value is 0.250. The van der Waals surface area contributed by atoms with Gasteiger partial charge in [0.2, 0.25) is 0 Å². The molecule has 1 aliphatic heterocycles. The van der Waals surface area contributed by atoms with Crippen LogP contribution in [0.4, 0.5) is 0 Å². The van der Waals surface area contributed by atoms with Crippen molar-refractivity contribution in [1.29, 1.82) is 0 Å². The summed E-state index contributed by atoms with van der Waals surface area (Å²) in [5.41, 5.74) is 0.960. The zero-order valence-electron chi connectivity index (χ0n) is 13.0. The first kappa shape index (κ1) is 18.2. The third kappa shape index (κ3) is 4.42. The molecule has 0 aliphatic carbocycles. The zero-order valence-corrected chi connectivity index (χ0v) is 13.8. The van der Waals surface area contributed by atoms with Crippen LogP contribution < -0.4 is 5.32 Å². The van der Waals surface area contributed by atoms with Crippen molar-refractivity contribution in [1.82, 2.24) is 5.32 Å². The molecule has 0 spiro atoms. The summed E-state index contributed by atoms with van der Waals surface area (Å²) in [6.07, 6.45) is 13.6. The summed E-state index contributed by atoms with van der Waals surface area (Å²) in [6, 6.07) is 0. The molecule has 0 amide bonds. The minimum Gasteiger partial charge on any atom is -0.306 e. The molecule has 1 heterocycles. The molecule has 2 heteroatoms. The standard InChI is InChI=1S/C16H33N.ClH/c1-5-9-15(10-6-2)13-14-16(17-15,11-7-3)12-8-4;/h17H,5-14H2,1-4H3;1H. The second kappa shape index (κ2) is 8.43. The largest absolute Gasteiger partial charge is 0.306 e. The predicted molar refractivity (Wildman–Crippen MR) is 84.7 cm³/mol. The second-order valence-electron chi connectivity index (χ2n) is 6.19. The van der Waals surface area contributed by atoms with Gasteiger partial charge in [0.1, 0.15) is 0 Å². The Balaban J connectivity index is 0.00000289. The second-order valence-corrected chi connectivity index (χ2v) is 6.19. The lowest BCUT2D eigenvalue weighted by molar-refractivity contribution is 0.235. The van der Waals surface area contributed by atoms with Crippen molar-refractivity contribution in [3.63, 3.8) is 0 Å². The van der Waals surface area contributed by atoms with Crippen LogP contribution in [-0.2, 0) is 0 Å². The van der Waals surface area contributed by atoms with E-state index in [4.69, 9.17) is 0 Å². The average Bonchev–Trinajstić information content (AvgIpc) is 2.60. The van der Waals surface area contributed by atoms with E-state index in [1.54, 1.807) is 0 Å². The summed E-state index contributed by atoms with van der Waals surface area (Å²) >= 11 is 0. The van der Waals surface area contributed by atoms with Gasteiger partial charge in [0.05, 0.1) is 0 Å². The Labute approximate surface area is 121 Å². The molecule has 1 aliphatic rings. The highest BCUT2D eigenvalue weighted by molar-refractivity contribution is 5.85. The molecule has 1 saturated heterocycles. The smallest absolute Gasteiger partial charge is 0.0187 e. The lowest BCUT2D eigenvalue weighted by Crippen LogP contribution is -2.50. The molecule has 0 saturated carbocycles. The summed E-state index contributed by atoms with van der Waals surface area (Å²) in [4.78, 5) is 0. The number of hydrogen-bond acceptors (Lipinski definition) is 1. The Bertz CT molecular complexity index is 181. The molecule has 1 fully saturated rings. The lowest BCUT2D eigenvalue weighted by Gasteiger charge is -2.36. The summed E-state index contributed by atoms with van der Waals surface area (Å²) < 4.78 is 0. The van der Waals surface area contributed by atoms with Gasteiger partial charge in [0.15, 0.2) is 0 Å². The molecule has 110 valence electrons. The van der Waals surface area contributed by atoms with E-state index in [0.717, 1.165) is 0 Å². The van der Waals surface area contributed by atoms with E-state index in [9.17, 15) is 0 Å². The first-order chi connectivity index (χ1) is 8.16. The van der Waals surface area contributed by atoms with Crippen molar-refractivity contribution in [2.24, 2.45) is 0 Å². The van der Waals surface area contributed by atoms with E-state index in [1.807, 2.05) is 0 Å². The van der Waals surface area contributed by atoms with Gasteiger partial charge in [-0.15, -0.1) is 12.4 Å². The van der Waals surface area contributed by atoms with E-state index in [-0.39, 0.29) is 12.4 Å². The van der Waals surface area contributed by atoms with Crippen LogP contribution in [0, 0.1) is 0 Å². The monoisotopic (exact) mass is 275 g/mol. The normalized spacial score (nSPS) is 20.7. The molecular weight excluding hydrogens is 242 g/mol. The Morgan fingerprint density at radius 3 is 1.17 bits per heavy atom. The van der Waals surface area contributed by atoms with Crippen LogP contribution in [0.15, 0.2) is 0 Å². The lowest BCUT2D eigenvalue weighted by atomic mass is 9.86. The van der Waals surface area contributed by atoms with E-state index in [0.29, 0.717) is 11.1 Å². The van der Waals surface area contributed by atoms with Crippen LogP contribution in [0.25, 0.3) is 0 Å². The van der Waals surface area contributed by atoms with E-state index in [2.05, 4.69) is 33.0 Å². The highest BCUT2D eigenvalue weighted by Gasteiger charge is 2.44. The number of rotatable bonds is 8. The molecule has 1 N–H and O–H groups in total. The Kier molecular flexibility index (Phi) is 8.54. The van der Waals surface area contributed by atoms with E-state index in [1.165, 1.54) is 64.2 Å². The molecule has 0 unspecified atom stereocenters. The quantitative estimate of drug-likeness (QED) is 0.619. The molecule has 0 atom stereocenters. The van der Waals surface area contributed by atoms with Gasteiger partial charge in [0.25, 0.3) is 0 Å². The highest BCUT2D eigenvalue weighted by atomic mass is 35.5. The third-order valence-electron chi connectivity index (χ3n) is 4.53. The van der Waals surface area contributed by atoms with Crippen molar-refractivity contribution in [3.05, 3.63) is 0 Å². The van der Waals surface area contributed by atoms with Crippen molar-refractivity contribution in [2.75, 3.05) is 0 Å². The molecule has 18 heavy (non-hydrogen) atoms. The molecule has 0 bridgehead atoms. The third-order valence-corrected chi connectivity index (χ3v) is 4.53. The molecule has 0 aromatic carbocycles. The van der Waals surface area contributed by atoms with Crippen LogP contribution in [0.2, 0.25) is 0 Å². The summed E-state index contributed by atoms with van der Waals surface area (Å²) in [5.74, 6) is 0. The van der Waals surface area contributed by atoms with Gasteiger partial charge >= 0.3 is 0 Å². The molecule has 1 nitrogen and oxygen atoms in total. The van der Waals surface area contributed by atoms with Gasteiger partial charge < -0.3 is 5.32 Å². The van der Waals surface area contributed by atoms with Gasteiger partial charge in [-0.2, -0.15) is 0 Å². The molecule has 0 aromatic rings. The topological polar surface area (TPSA) is 12.0 Å². The number of hydrogen-bond donors (Lipinski definition) is 1. The van der Waals surface area contributed by atoms with Crippen molar-refractivity contribution >= 4 is 12.4 Å². The fraction of sp³-hybridized carbons (Fsp3) is 1.00. The molecular formula is C16H34ClN. The van der Waals surface area contributed by atoms with Gasteiger partial charge in [-0.1, -0.05) is 53.4 Å². The summed E-state index contributed by atoms with van der Waals surface area (Å²) in [5, 5.41) is 4.12.